The Hall–Kier alpha value is -0.750. The minimum Gasteiger partial charge on any atom is -0.212 e. The van der Waals surface area contributed by atoms with E-state index in [4.69, 9.17) is 0 Å². The molecule has 0 unspecified atom stereocenters. The number of hydrogen-bond donors (Lipinski definition) is 0. The van der Waals surface area contributed by atoms with Crippen molar-refractivity contribution in [2.45, 2.75) is 12.1 Å². The van der Waals surface area contributed by atoms with E-state index in [9.17, 15) is 30.7 Å². The average molecular weight is 182 g/mol. The van der Waals surface area contributed by atoms with Crippen LogP contribution in [0.2, 0.25) is 0 Å². The van der Waals surface area contributed by atoms with E-state index in [-0.39, 0.29) is 0 Å². The highest BCUT2D eigenvalue weighted by Crippen LogP contribution is 2.41. The van der Waals surface area contributed by atoms with Gasteiger partial charge in [-0.25, -0.2) is 8.78 Å². The lowest BCUT2D eigenvalue weighted by Crippen LogP contribution is -2.36. The van der Waals surface area contributed by atoms with Crippen LogP contribution in [0.5, 0.6) is 0 Å². The molecule has 0 bridgehead atoms. The molecule has 0 radical (unpaired) electrons. The summed E-state index contributed by atoms with van der Waals surface area (Å²) in [6.45, 7) is 0. The number of allylic oxidation sites excluding steroid dienone is 1. The molecule has 11 heavy (non-hydrogen) atoms. The zero-order valence-corrected chi connectivity index (χ0v) is 4.72. The minimum absolute atomic E-state index is 1.42. The number of halogens is 7. The van der Waals surface area contributed by atoms with Crippen LogP contribution in [0.1, 0.15) is 0 Å². The first-order chi connectivity index (χ1) is 4.73. The molecule has 0 aromatic rings. The zero-order chi connectivity index (χ0) is 9.28. The minimum atomic E-state index is -6.10. The predicted octanol–water partition coefficient (Wildman–Crippen LogP) is 2.96. The Balaban J connectivity index is 4.74. The molecule has 0 atom stereocenters. The summed E-state index contributed by atoms with van der Waals surface area (Å²) < 4.78 is 78.6. The van der Waals surface area contributed by atoms with Crippen LogP contribution >= 0.6 is 0 Å². The molecule has 66 valence electrons. The molecule has 7 heteroatoms. The van der Waals surface area contributed by atoms with Gasteiger partial charge in [0.2, 0.25) is 5.83 Å². The van der Waals surface area contributed by atoms with Gasteiger partial charge in [-0.3, -0.25) is 0 Å². The summed E-state index contributed by atoms with van der Waals surface area (Å²) >= 11 is 0. The Labute approximate surface area is 56.3 Å². The van der Waals surface area contributed by atoms with E-state index >= 15 is 0 Å². The molecule has 0 aromatic heterocycles. The molecular formula is C4HF7. The van der Waals surface area contributed by atoms with Gasteiger partial charge in [-0.2, -0.15) is 22.0 Å². The Bertz CT molecular complexity index is 164. The van der Waals surface area contributed by atoms with Crippen molar-refractivity contribution in [2.75, 3.05) is 0 Å². The third kappa shape index (κ3) is 1.84. The van der Waals surface area contributed by atoms with E-state index in [1.54, 1.807) is 0 Å². The molecule has 0 saturated carbocycles. The molecule has 0 fully saturated rings. The van der Waals surface area contributed by atoms with Crippen LogP contribution in [0.15, 0.2) is 12.2 Å². The molecule has 0 amide bonds. The molecule has 0 N–H and O–H groups in total. The van der Waals surface area contributed by atoms with E-state index in [0.717, 1.165) is 0 Å². The second-order valence-corrected chi connectivity index (χ2v) is 1.53. The van der Waals surface area contributed by atoms with Gasteiger partial charge in [-0.1, -0.05) is 0 Å². The van der Waals surface area contributed by atoms with Crippen LogP contribution in [-0.2, 0) is 0 Å². The Morgan fingerprint density at radius 1 is 1.00 bits per heavy atom. The fraction of sp³-hybridized carbons (Fsp3) is 0.500. The maximum atomic E-state index is 11.5. The highest BCUT2D eigenvalue weighted by molar-refractivity contribution is 5.04. The fourth-order valence-corrected chi connectivity index (χ4v) is 0.204. The van der Waals surface area contributed by atoms with Crippen molar-refractivity contribution in [3.63, 3.8) is 0 Å². The van der Waals surface area contributed by atoms with Gasteiger partial charge in [0.05, 0.1) is 0 Å². The van der Waals surface area contributed by atoms with Crippen LogP contribution in [0.3, 0.4) is 0 Å². The molecule has 0 aliphatic rings. The maximum Gasteiger partial charge on any atom is 0.460 e. The zero-order valence-electron chi connectivity index (χ0n) is 4.72. The van der Waals surface area contributed by atoms with Crippen LogP contribution in [0.25, 0.3) is 0 Å². The molecule has 0 aliphatic carbocycles. The lowest BCUT2D eigenvalue weighted by atomic mass is 10.3. The van der Waals surface area contributed by atoms with Crippen molar-refractivity contribution < 1.29 is 30.7 Å². The fourth-order valence-electron chi connectivity index (χ4n) is 0.204. The first kappa shape index (κ1) is 10.2. The third-order valence-corrected chi connectivity index (χ3v) is 0.752. The van der Waals surface area contributed by atoms with Crippen molar-refractivity contribution in [3.8, 4) is 0 Å². The van der Waals surface area contributed by atoms with Crippen molar-refractivity contribution in [3.05, 3.63) is 12.2 Å². The van der Waals surface area contributed by atoms with Gasteiger partial charge in [0.25, 0.3) is 0 Å². The molecule has 0 saturated heterocycles. The Morgan fingerprint density at radius 2 is 1.36 bits per heavy atom. The third-order valence-electron chi connectivity index (χ3n) is 0.752. The van der Waals surface area contributed by atoms with E-state index in [1.807, 2.05) is 0 Å². The van der Waals surface area contributed by atoms with Crippen LogP contribution in [0.4, 0.5) is 30.7 Å². The van der Waals surface area contributed by atoms with Crippen molar-refractivity contribution in [1.82, 2.24) is 0 Å². The monoisotopic (exact) mass is 182 g/mol. The molecule has 0 spiro atoms. The van der Waals surface area contributed by atoms with E-state index in [2.05, 4.69) is 0 Å². The molecule has 0 aromatic carbocycles. The van der Waals surface area contributed by atoms with E-state index < -0.39 is 24.3 Å². The second-order valence-electron chi connectivity index (χ2n) is 1.53. The molecular weight excluding hydrogens is 181 g/mol. The maximum absolute atomic E-state index is 11.5. The van der Waals surface area contributed by atoms with Gasteiger partial charge < -0.3 is 0 Å². The van der Waals surface area contributed by atoms with Gasteiger partial charge in [0, 0.05) is 0 Å². The van der Waals surface area contributed by atoms with Crippen LogP contribution < -0.4 is 0 Å². The van der Waals surface area contributed by atoms with Gasteiger partial charge >= 0.3 is 12.1 Å². The average Bonchev–Trinajstić information content (AvgIpc) is 1.83. The summed E-state index contributed by atoms with van der Waals surface area (Å²) in [6, 6.07) is 0. The normalized spacial score (nSPS) is 15.4. The van der Waals surface area contributed by atoms with Crippen molar-refractivity contribution in [2.24, 2.45) is 0 Å². The quantitative estimate of drug-likeness (QED) is 0.547. The highest BCUT2D eigenvalue weighted by Gasteiger charge is 2.61. The molecule has 0 rings (SSSR count). The van der Waals surface area contributed by atoms with Crippen molar-refractivity contribution >= 4 is 0 Å². The van der Waals surface area contributed by atoms with Crippen LogP contribution in [-0.4, -0.2) is 12.1 Å². The smallest absolute Gasteiger partial charge is 0.212 e. The summed E-state index contributed by atoms with van der Waals surface area (Å²) in [5, 5.41) is 0. The lowest BCUT2D eigenvalue weighted by Gasteiger charge is -2.16. The second kappa shape index (κ2) is 2.71. The largest absolute Gasteiger partial charge is 0.460 e. The van der Waals surface area contributed by atoms with Gasteiger partial charge in [0.15, 0.2) is 0 Å². The van der Waals surface area contributed by atoms with Crippen molar-refractivity contribution in [1.29, 1.82) is 0 Å². The number of alkyl halides is 5. The van der Waals surface area contributed by atoms with E-state index in [1.165, 1.54) is 0 Å². The molecule has 0 aliphatic heterocycles. The topological polar surface area (TPSA) is 0 Å². The van der Waals surface area contributed by atoms with E-state index in [0.29, 0.717) is 0 Å². The number of hydrogen-bond acceptors (Lipinski definition) is 0. The highest BCUT2D eigenvalue weighted by atomic mass is 19.4. The number of rotatable bonds is 1. The summed E-state index contributed by atoms with van der Waals surface area (Å²) in [7, 11) is 0. The summed E-state index contributed by atoms with van der Waals surface area (Å²) in [5.41, 5.74) is 0. The van der Waals surface area contributed by atoms with Gasteiger partial charge in [0.1, 0.15) is 6.33 Å². The lowest BCUT2D eigenvalue weighted by molar-refractivity contribution is -0.270. The van der Waals surface area contributed by atoms with Crippen LogP contribution in [0, 0.1) is 0 Å². The summed E-state index contributed by atoms with van der Waals surface area (Å²) in [6.07, 6.45) is -7.52. The summed E-state index contributed by atoms with van der Waals surface area (Å²) in [5.74, 6) is -8.88. The van der Waals surface area contributed by atoms with Gasteiger partial charge in [-0.05, 0) is 0 Å². The van der Waals surface area contributed by atoms with Gasteiger partial charge in [-0.15, -0.1) is 0 Å². The standard InChI is InChI=1S/C4HF7/c5-1-2(6)3(7,8)4(9,10)11/h1H. The summed E-state index contributed by atoms with van der Waals surface area (Å²) in [4.78, 5) is 0. The SMILES string of the molecule is FC=C(F)C(F)(F)C(F)(F)F. The molecule has 0 heterocycles. The molecule has 0 nitrogen and oxygen atoms in total. The predicted molar refractivity (Wildman–Crippen MR) is 21.3 cm³/mol. The first-order valence-electron chi connectivity index (χ1n) is 2.14. The Kier molecular flexibility index (Phi) is 2.52. The Morgan fingerprint density at radius 3 is 1.45 bits per heavy atom. The first-order valence-corrected chi connectivity index (χ1v) is 2.14.